The maximum atomic E-state index is 14.2. The molecule has 15 amide bonds. The number of aliphatic carboxylic acids is 1. The number of carbonyl (C=O) groups excluding carboxylic acids is 15. The highest BCUT2D eigenvalue weighted by Crippen LogP contribution is 2.19. The summed E-state index contributed by atoms with van der Waals surface area (Å²) in [4.78, 5) is 214. The van der Waals surface area contributed by atoms with Gasteiger partial charge in [0, 0.05) is 18.7 Å². The molecule has 1 saturated heterocycles. The smallest absolute Gasteiger partial charge is 0.326 e. The van der Waals surface area contributed by atoms with Crippen LogP contribution in [0, 0.1) is 29.6 Å². The van der Waals surface area contributed by atoms with E-state index in [0.29, 0.717) is 19.3 Å². The largest absolute Gasteiger partial charge is 0.480 e. The molecule has 0 unspecified atom stereocenters. The van der Waals surface area contributed by atoms with Crippen molar-refractivity contribution in [3.63, 3.8) is 0 Å². The Bertz CT molecular complexity index is 2850. The lowest BCUT2D eigenvalue weighted by atomic mass is 9.96. The highest BCUT2D eigenvalue weighted by Gasteiger charge is 2.39. The first-order valence-electron chi connectivity index (χ1n) is 34.2. The average molecular weight is 1460 g/mol. The van der Waals surface area contributed by atoms with Crippen LogP contribution in [0.25, 0.3) is 0 Å². The van der Waals surface area contributed by atoms with Gasteiger partial charge in [-0.25, -0.2) is 4.79 Å². The molecule has 101 heavy (non-hydrogen) atoms. The quantitative estimate of drug-likeness (QED) is 0.0199. The molecule has 0 radical (unpaired) electrons. The number of hydrogen-bond acceptors (Lipinski definition) is 21. The number of unbranched alkanes of at least 4 members (excludes halogenated alkanes) is 1. The maximum Gasteiger partial charge on any atom is 0.326 e. The van der Waals surface area contributed by atoms with Crippen LogP contribution in [0.2, 0.25) is 0 Å². The second kappa shape index (κ2) is 45.6. The SMILES string of the molecule is CC[C@H](C)[C@H](NC(=O)[C@H](CCC(N)=O)NC(=O)CNC(=O)[C@@H](NC(=O)[C@H](CS)NC(=O)[C@H](CC(C)C)NC(=O)CNC(=O)[C@@H](NC(=O)[C@@H](NC(=O)[C@@H](N)CC(C)C)C(C)C)C(C)C)[C@@H](C)O)C(=O)N[C@@H](CCCCN)C(=O)N[C@H](C(=O)NCC(=O)N[C@@H](C)C(=O)N1CCC[C@H]1C(=O)O)[C@@H](C)O. The first kappa shape index (κ1) is 90.7. The molecule has 36 nitrogen and oxygen atoms in total. The molecule has 0 aromatic carbocycles. The van der Waals surface area contributed by atoms with Gasteiger partial charge in [0.1, 0.15) is 66.5 Å². The van der Waals surface area contributed by atoms with E-state index in [1.807, 2.05) is 13.8 Å². The Balaban J connectivity index is 3.19. The van der Waals surface area contributed by atoms with E-state index in [9.17, 15) is 92.0 Å². The number of primary amides is 1. The molecule has 37 heteroatoms. The lowest BCUT2D eigenvalue weighted by Crippen LogP contribution is -2.61. The van der Waals surface area contributed by atoms with Crippen LogP contribution in [0.15, 0.2) is 0 Å². The Morgan fingerprint density at radius 2 is 0.891 bits per heavy atom. The van der Waals surface area contributed by atoms with Gasteiger partial charge in [-0.1, -0.05) is 75.7 Å². The number of aliphatic hydroxyl groups is 2. The van der Waals surface area contributed by atoms with E-state index in [-0.39, 0.29) is 62.8 Å². The van der Waals surface area contributed by atoms with E-state index in [1.54, 1.807) is 55.4 Å². The number of likely N-dealkylation sites (tertiary alicyclic amines) is 1. The summed E-state index contributed by atoms with van der Waals surface area (Å²) in [6.45, 7) is 18.9. The standard InChI is InChI=1S/C64H113N17O19S/c1-14-34(10)50(62(97)74-39(18-15-16-22-65)54(89)79-51(36(12)82)59(94)69-26-45(85)71-35(11)63(98)81-23-17-19-43(81)64(99)100)78-55(90)40(20-21-44(67)84)72-46(86)27-70-60(95)52(37(13)83)80-57(92)42(29-101)75-56(91)41(25-31(4)5)73-47(87)28-68-58(93)48(32(6)7)77-61(96)49(33(8)9)76-53(88)38(66)24-30(2)3/h30-43,48-52,82-83,101H,14-29,65-66H2,1-13H3,(H2,67,84)(H,68,93)(H,69,94)(H,70,95)(H,71,85)(H,72,86)(H,73,87)(H,74,97)(H,75,91)(H,76,88)(H,77,96)(H,78,90)(H,79,89)(H,80,92)(H,99,100)/t34-,35-,36+,37+,38-,39-,40-,41-,42-,43-,48-,49-,50-,51-,52-/m0/s1. The van der Waals surface area contributed by atoms with Crippen molar-refractivity contribution in [1.82, 2.24) is 74.0 Å². The summed E-state index contributed by atoms with van der Waals surface area (Å²) in [6.07, 6.45) is -2.29. The fraction of sp³-hybridized carbons (Fsp3) is 0.750. The molecular weight excluding hydrogens is 1340 g/mol. The molecule has 15 atom stereocenters. The highest BCUT2D eigenvalue weighted by molar-refractivity contribution is 7.80. The van der Waals surface area contributed by atoms with E-state index in [1.165, 1.54) is 13.8 Å². The molecule has 1 aliphatic heterocycles. The zero-order chi connectivity index (χ0) is 77.3. The van der Waals surface area contributed by atoms with Crippen LogP contribution in [-0.2, 0) is 76.7 Å². The number of aliphatic hydroxyl groups excluding tert-OH is 2. The molecule has 0 bridgehead atoms. The monoisotopic (exact) mass is 1460 g/mol. The summed E-state index contributed by atoms with van der Waals surface area (Å²) >= 11 is 4.20. The number of hydrogen-bond donors (Lipinski definition) is 20. The van der Waals surface area contributed by atoms with Gasteiger partial charge in [0.25, 0.3) is 0 Å². The molecule has 1 heterocycles. The van der Waals surface area contributed by atoms with Crippen LogP contribution in [0.3, 0.4) is 0 Å². The van der Waals surface area contributed by atoms with Crippen LogP contribution in [0.4, 0.5) is 0 Å². The number of carboxylic acids is 1. The number of thiol groups is 1. The van der Waals surface area contributed by atoms with Crippen molar-refractivity contribution < 1.29 is 92.0 Å². The van der Waals surface area contributed by atoms with Crippen LogP contribution < -0.4 is 86.3 Å². The third-order valence-electron chi connectivity index (χ3n) is 16.4. The zero-order valence-electron chi connectivity index (χ0n) is 60.3. The van der Waals surface area contributed by atoms with Gasteiger partial charge in [-0.15, -0.1) is 0 Å². The van der Waals surface area contributed by atoms with E-state index >= 15 is 0 Å². The predicted octanol–water partition coefficient (Wildman–Crippen LogP) is -5.86. The molecular formula is C64H113N17O19S. The van der Waals surface area contributed by atoms with Crippen molar-refractivity contribution in [2.24, 2.45) is 46.8 Å². The number of nitrogens with one attached hydrogen (secondary N) is 13. The van der Waals surface area contributed by atoms with Crippen molar-refractivity contribution in [1.29, 1.82) is 0 Å². The average Bonchev–Trinajstić information content (AvgIpc) is 1.82. The summed E-state index contributed by atoms with van der Waals surface area (Å²) in [7, 11) is 0. The molecule has 0 spiro atoms. The number of nitrogens with two attached hydrogens (primary N) is 3. The fourth-order valence-electron chi connectivity index (χ4n) is 10.4. The topological polar surface area (TPSA) is 571 Å². The van der Waals surface area contributed by atoms with Gasteiger partial charge in [0.05, 0.1) is 37.9 Å². The highest BCUT2D eigenvalue weighted by atomic mass is 32.1. The third-order valence-corrected chi connectivity index (χ3v) is 16.8. The van der Waals surface area contributed by atoms with E-state index < -0.39 is 230 Å². The van der Waals surface area contributed by atoms with Crippen LogP contribution in [0.1, 0.15) is 154 Å². The van der Waals surface area contributed by atoms with Crippen molar-refractivity contribution in [2.45, 2.75) is 239 Å². The molecule has 574 valence electrons. The van der Waals surface area contributed by atoms with Gasteiger partial charge in [-0.2, -0.15) is 12.6 Å². The predicted molar refractivity (Wildman–Crippen MR) is 371 cm³/mol. The van der Waals surface area contributed by atoms with E-state index in [4.69, 9.17) is 17.2 Å². The summed E-state index contributed by atoms with van der Waals surface area (Å²) < 4.78 is 0. The van der Waals surface area contributed by atoms with Crippen molar-refractivity contribution in [3.05, 3.63) is 0 Å². The number of carbonyl (C=O) groups is 16. The summed E-state index contributed by atoms with van der Waals surface area (Å²) in [5.74, 6) is -16.5. The Morgan fingerprint density at radius 3 is 1.34 bits per heavy atom. The Morgan fingerprint density at radius 1 is 0.485 bits per heavy atom. The number of nitrogens with zero attached hydrogens (tertiary/aromatic N) is 1. The minimum Gasteiger partial charge on any atom is -0.480 e. The van der Waals surface area contributed by atoms with Crippen molar-refractivity contribution >= 4 is 107 Å². The fourth-order valence-corrected chi connectivity index (χ4v) is 10.7. The van der Waals surface area contributed by atoms with Gasteiger partial charge in [0.2, 0.25) is 88.6 Å². The van der Waals surface area contributed by atoms with Crippen molar-refractivity contribution in [2.75, 3.05) is 38.5 Å². The Labute approximate surface area is 595 Å². The van der Waals surface area contributed by atoms with Gasteiger partial charge < -0.3 is 107 Å². The normalized spacial score (nSPS) is 17.0. The minimum absolute atomic E-state index is 0.0237. The molecule has 1 rings (SSSR count). The van der Waals surface area contributed by atoms with Crippen LogP contribution >= 0.6 is 12.6 Å². The van der Waals surface area contributed by atoms with Gasteiger partial charge in [0.15, 0.2) is 0 Å². The molecule has 1 aliphatic rings. The number of rotatable bonds is 46. The van der Waals surface area contributed by atoms with Gasteiger partial charge in [-0.3, -0.25) is 71.9 Å². The van der Waals surface area contributed by atoms with E-state index in [0.717, 1.165) is 11.8 Å². The van der Waals surface area contributed by atoms with Gasteiger partial charge in [-0.05, 0) is 108 Å². The third kappa shape index (κ3) is 32.5. The molecule has 22 N–H and O–H groups in total. The second-order valence-electron chi connectivity index (χ2n) is 27.0. The molecule has 1 fully saturated rings. The second-order valence-corrected chi connectivity index (χ2v) is 27.3. The number of carboxylic acid groups (broad SMARTS) is 1. The van der Waals surface area contributed by atoms with E-state index in [2.05, 4.69) is 81.7 Å². The zero-order valence-corrected chi connectivity index (χ0v) is 61.2. The summed E-state index contributed by atoms with van der Waals surface area (Å²) in [6, 6.07) is -16.1. The Kier molecular flexibility index (Phi) is 40.9. The first-order chi connectivity index (χ1) is 47.1. The molecule has 0 aromatic rings. The van der Waals surface area contributed by atoms with Crippen LogP contribution in [-0.4, -0.2) is 238 Å². The van der Waals surface area contributed by atoms with Crippen molar-refractivity contribution in [3.8, 4) is 0 Å². The first-order valence-corrected chi connectivity index (χ1v) is 34.8. The molecule has 0 saturated carbocycles. The summed E-state index contributed by atoms with van der Waals surface area (Å²) in [5.41, 5.74) is 17.2. The maximum absolute atomic E-state index is 14.2. The van der Waals surface area contributed by atoms with Gasteiger partial charge >= 0.3 is 5.97 Å². The number of amides is 15. The molecule has 0 aliphatic carbocycles. The minimum atomic E-state index is -1.79. The lowest BCUT2D eigenvalue weighted by Gasteiger charge is -2.29. The molecule has 0 aromatic heterocycles. The lowest BCUT2D eigenvalue weighted by molar-refractivity contribution is -0.149. The Hall–Kier alpha value is -8.29. The van der Waals surface area contributed by atoms with Crippen LogP contribution in [0.5, 0.6) is 0 Å². The summed E-state index contributed by atoms with van der Waals surface area (Å²) in [5, 5.41) is 62.6.